The zero-order chi connectivity index (χ0) is 24.5. The molecule has 2 saturated heterocycles. The SMILES string of the molecule is COc1ccc([C@@H]2CCN(C)C[C@H]2CO)cc1.COc1ccc([C@H]2CCN(C)C[C@@H]2CO)cc1.Cl. The summed E-state index contributed by atoms with van der Waals surface area (Å²) in [6, 6.07) is 16.5. The quantitative estimate of drug-likeness (QED) is 0.620. The normalized spacial score (nSPS) is 25.1. The maximum absolute atomic E-state index is 9.49. The lowest BCUT2D eigenvalue weighted by atomic mass is 9.81. The van der Waals surface area contributed by atoms with Crippen molar-refractivity contribution in [3.63, 3.8) is 0 Å². The van der Waals surface area contributed by atoms with Crippen molar-refractivity contribution >= 4 is 12.4 Å². The van der Waals surface area contributed by atoms with E-state index in [2.05, 4.69) is 48.2 Å². The van der Waals surface area contributed by atoms with Crippen molar-refractivity contribution in [1.82, 2.24) is 9.80 Å². The molecule has 2 aliphatic rings. The highest BCUT2D eigenvalue weighted by molar-refractivity contribution is 5.85. The summed E-state index contributed by atoms with van der Waals surface area (Å²) in [5.41, 5.74) is 2.64. The largest absolute Gasteiger partial charge is 0.497 e. The van der Waals surface area contributed by atoms with E-state index in [1.165, 1.54) is 11.1 Å². The van der Waals surface area contributed by atoms with Gasteiger partial charge in [-0.05, 0) is 87.3 Å². The van der Waals surface area contributed by atoms with Gasteiger partial charge in [0.25, 0.3) is 0 Å². The minimum absolute atomic E-state index is 0. The summed E-state index contributed by atoms with van der Waals surface area (Å²) in [4.78, 5) is 4.59. The van der Waals surface area contributed by atoms with Crippen molar-refractivity contribution in [1.29, 1.82) is 0 Å². The molecule has 2 aliphatic heterocycles. The Balaban J connectivity index is 0.000000240. The van der Waals surface area contributed by atoms with Gasteiger partial charge < -0.3 is 29.5 Å². The summed E-state index contributed by atoms with van der Waals surface area (Å²) >= 11 is 0. The van der Waals surface area contributed by atoms with Crippen LogP contribution in [0.2, 0.25) is 0 Å². The number of methoxy groups -OCH3 is 2. The smallest absolute Gasteiger partial charge is 0.118 e. The molecule has 35 heavy (non-hydrogen) atoms. The Morgan fingerprint density at radius 3 is 1.31 bits per heavy atom. The fourth-order valence-corrected chi connectivity index (χ4v) is 5.38. The molecule has 7 heteroatoms. The van der Waals surface area contributed by atoms with Crippen molar-refractivity contribution in [3.05, 3.63) is 59.7 Å². The topological polar surface area (TPSA) is 65.4 Å². The monoisotopic (exact) mass is 506 g/mol. The Labute approximate surface area is 217 Å². The minimum Gasteiger partial charge on any atom is -0.497 e. The van der Waals surface area contributed by atoms with E-state index >= 15 is 0 Å². The van der Waals surface area contributed by atoms with Crippen LogP contribution in [0.15, 0.2) is 48.5 Å². The van der Waals surface area contributed by atoms with Gasteiger partial charge in [-0.25, -0.2) is 0 Å². The van der Waals surface area contributed by atoms with Crippen molar-refractivity contribution < 1.29 is 19.7 Å². The van der Waals surface area contributed by atoms with Crippen LogP contribution in [0, 0.1) is 11.8 Å². The van der Waals surface area contributed by atoms with Crippen LogP contribution in [0.25, 0.3) is 0 Å². The Morgan fingerprint density at radius 2 is 1.03 bits per heavy atom. The van der Waals surface area contributed by atoms with Gasteiger partial charge >= 0.3 is 0 Å². The third-order valence-corrected chi connectivity index (χ3v) is 7.43. The van der Waals surface area contributed by atoms with Crippen LogP contribution in [-0.4, -0.2) is 87.7 Å². The summed E-state index contributed by atoms with van der Waals surface area (Å²) in [6.07, 6.45) is 2.24. The molecule has 2 aromatic carbocycles. The maximum atomic E-state index is 9.49. The lowest BCUT2D eigenvalue weighted by Crippen LogP contribution is -2.38. The fourth-order valence-electron chi connectivity index (χ4n) is 5.38. The third kappa shape index (κ3) is 8.09. The second-order valence-electron chi connectivity index (χ2n) is 9.75. The third-order valence-electron chi connectivity index (χ3n) is 7.43. The van der Waals surface area contributed by atoms with Crippen molar-refractivity contribution in [2.45, 2.75) is 24.7 Å². The first-order chi connectivity index (χ1) is 16.5. The average Bonchev–Trinajstić information content (AvgIpc) is 2.89. The standard InChI is InChI=1S/2C14H21NO2.ClH/c2*1-15-8-7-14(12(9-15)10-16)11-3-5-13(17-2)6-4-11;/h2*3-6,12,14,16H,7-10H2,1-2H3;1H/t2*12-,14-;/m10./s1. The van der Waals surface area contributed by atoms with Crippen LogP contribution in [-0.2, 0) is 0 Å². The lowest BCUT2D eigenvalue weighted by Gasteiger charge is -2.36. The molecule has 2 heterocycles. The molecule has 0 radical (unpaired) electrons. The maximum Gasteiger partial charge on any atom is 0.118 e. The summed E-state index contributed by atoms with van der Waals surface area (Å²) in [6.45, 7) is 4.70. The summed E-state index contributed by atoms with van der Waals surface area (Å²) in [7, 11) is 7.60. The van der Waals surface area contributed by atoms with Crippen LogP contribution in [0.1, 0.15) is 35.8 Å². The zero-order valence-electron chi connectivity index (χ0n) is 21.6. The highest BCUT2D eigenvalue weighted by atomic mass is 35.5. The molecule has 0 aliphatic carbocycles. The van der Waals surface area contributed by atoms with E-state index in [-0.39, 0.29) is 25.6 Å². The van der Waals surface area contributed by atoms with E-state index in [9.17, 15) is 10.2 Å². The number of likely N-dealkylation sites (tertiary alicyclic amines) is 2. The molecule has 0 saturated carbocycles. The van der Waals surface area contributed by atoms with Gasteiger partial charge in [-0.3, -0.25) is 0 Å². The minimum atomic E-state index is 0. The number of hydrogen-bond acceptors (Lipinski definition) is 6. The van der Waals surface area contributed by atoms with Crippen molar-refractivity contribution in [2.24, 2.45) is 11.8 Å². The lowest BCUT2D eigenvalue weighted by molar-refractivity contribution is 0.118. The summed E-state index contributed by atoms with van der Waals surface area (Å²) in [5, 5.41) is 19.0. The van der Waals surface area contributed by atoms with Crippen LogP contribution in [0.4, 0.5) is 0 Å². The highest BCUT2D eigenvalue weighted by Gasteiger charge is 2.29. The first-order valence-corrected chi connectivity index (χ1v) is 12.4. The number of aliphatic hydroxyl groups excluding tert-OH is 2. The van der Waals surface area contributed by atoms with Crippen molar-refractivity contribution in [3.8, 4) is 11.5 Å². The van der Waals surface area contributed by atoms with E-state index < -0.39 is 0 Å². The Kier molecular flexibility index (Phi) is 12.3. The number of rotatable bonds is 6. The highest BCUT2D eigenvalue weighted by Crippen LogP contribution is 2.34. The average molecular weight is 507 g/mol. The van der Waals surface area contributed by atoms with Crippen LogP contribution in [0.5, 0.6) is 11.5 Å². The van der Waals surface area contributed by atoms with Gasteiger partial charge in [0.15, 0.2) is 0 Å². The molecule has 0 spiro atoms. The molecule has 4 atom stereocenters. The number of ether oxygens (including phenoxy) is 2. The number of aliphatic hydroxyl groups is 2. The Hall–Kier alpha value is -1.83. The molecule has 6 nitrogen and oxygen atoms in total. The molecule has 196 valence electrons. The summed E-state index contributed by atoms with van der Waals surface area (Å²) < 4.78 is 10.3. The van der Waals surface area contributed by atoms with E-state index in [0.717, 1.165) is 50.5 Å². The number of nitrogens with zero attached hydrogens (tertiary/aromatic N) is 2. The summed E-state index contributed by atoms with van der Waals surface area (Å²) in [5.74, 6) is 3.43. The number of hydrogen-bond donors (Lipinski definition) is 2. The van der Waals surface area contributed by atoms with E-state index in [4.69, 9.17) is 9.47 Å². The molecule has 2 fully saturated rings. The number of piperidine rings is 2. The molecule has 0 bridgehead atoms. The zero-order valence-corrected chi connectivity index (χ0v) is 22.4. The van der Waals surface area contributed by atoms with Crippen LogP contribution < -0.4 is 9.47 Å². The van der Waals surface area contributed by atoms with Crippen LogP contribution >= 0.6 is 12.4 Å². The number of benzene rings is 2. The first kappa shape index (κ1) is 29.4. The second kappa shape index (κ2) is 14.7. The Bertz CT molecular complexity index is 778. The van der Waals surface area contributed by atoms with E-state index in [1.54, 1.807) is 14.2 Å². The molecule has 4 rings (SSSR count). The first-order valence-electron chi connectivity index (χ1n) is 12.4. The van der Waals surface area contributed by atoms with Crippen LogP contribution in [0.3, 0.4) is 0 Å². The van der Waals surface area contributed by atoms with Gasteiger partial charge in [-0.15, -0.1) is 12.4 Å². The molecule has 0 amide bonds. The predicted octanol–water partition coefficient (Wildman–Crippen LogP) is 3.87. The van der Waals surface area contributed by atoms with E-state index in [1.807, 2.05) is 24.3 Å². The van der Waals surface area contributed by atoms with Gasteiger partial charge in [0.1, 0.15) is 11.5 Å². The van der Waals surface area contributed by atoms with E-state index in [0.29, 0.717) is 23.7 Å². The molecule has 2 aromatic rings. The Morgan fingerprint density at radius 1 is 0.686 bits per heavy atom. The van der Waals surface area contributed by atoms with Gasteiger partial charge in [-0.1, -0.05) is 24.3 Å². The second-order valence-corrected chi connectivity index (χ2v) is 9.75. The fraction of sp³-hybridized carbons (Fsp3) is 0.571. The van der Waals surface area contributed by atoms with Crippen molar-refractivity contribution in [2.75, 3.05) is 67.7 Å². The van der Waals surface area contributed by atoms with Gasteiger partial charge in [0.05, 0.1) is 14.2 Å². The molecule has 0 unspecified atom stereocenters. The molecular weight excluding hydrogens is 464 g/mol. The van der Waals surface area contributed by atoms with Gasteiger partial charge in [0.2, 0.25) is 0 Å². The van der Waals surface area contributed by atoms with Gasteiger partial charge in [0, 0.05) is 38.1 Å². The molecule has 0 aromatic heterocycles. The predicted molar refractivity (Wildman–Crippen MR) is 144 cm³/mol. The van der Waals surface area contributed by atoms with Gasteiger partial charge in [-0.2, -0.15) is 0 Å². The molecule has 2 N–H and O–H groups in total. The molecular formula is C28H43ClN2O4. The number of halogens is 1.